The SMILES string of the molecule is COC(=O)N(CC=O)C/C=C/c1ccccc1. The minimum atomic E-state index is -0.505. The highest BCUT2D eigenvalue weighted by Gasteiger charge is 2.10. The summed E-state index contributed by atoms with van der Waals surface area (Å²) in [5.74, 6) is 0. The topological polar surface area (TPSA) is 46.6 Å². The van der Waals surface area contributed by atoms with E-state index in [1.807, 2.05) is 42.5 Å². The van der Waals surface area contributed by atoms with Crippen molar-refractivity contribution in [2.75, 3.05) is 20.2 Å². The Balaban J connectivity index is 2.54. The Labute approximate surface area is 100 Å². The summed E-state index contributed by atoms with van der Waals surface area (Å²) in [6, 6.07) is 9.72. The van der Waals surface area contributed by atoms with Gasteiger partial charge in [0, 0.05) is 6.54 Å². The first-order valence-corrected chi connectivity index (χ1v) is 5.26. The Morgan fingerprint density at radius 1 is 1.29 bits per heavy atom. The molecule has 0 fully saturated rings. The third kappa shape index (κ3) is 4.51. The van der Waals surface area contributed by atoms with Crippen LogP contribution in [0.1, 0.15) is 5.56 Å². The molecule has 0 atom stereocenters. The molecule has 1 amide bonds. The van der Waals surface area contributed by atoms with E-state index in [-0.39, 0.29) is 6.54 Å². The van der Waals surface area contributed by atoms with Crippen LogP contribution < -0.4 is 0 Å². The average Bonchev–Trinajstić information content (AvgIpc) is 2.38. The third-order valence-corrected chi connectivity index (χ3v) is 2.16. The van der Waals surface area contributed by atoms with E-state index in [0.29, 0.717) is 12.8 Å². The van der Waals surface area contributed by atoms with Crippen molar-refractivity contribution in [2.24, 2.45) is 0 Å². The molecule has 0 aromatic heterocycles. The van der Waals surface area contributed by atoms with E-state index in [2.05, 4.69) is 4.74 Å². The van der Waals surface area contributed by atoms with E-state index >= 15 is 0 Å². The number of carbonyl (C=O) groups is 2. The maximum Gasteiger partial charge on any atom is 0.410 e. The number of hydrogen-bond acceptors (Lipinski definition) is 3. The zero-order valence-electron chi connectivity index (χ0n) is 9.70. The zero-order valence-corrected chi connectivity index (χ0v) is 9.70. The molecule has 0 saturated carbocycles. The van der Waals surface area contributed by atoms with Crippen molar-refractivity contribution in [1.82, 2.24) is 4.90 Å². The molecule has 0 bridgehead atoms. The predicted molar refractivity (Wildman–Crippen MR) is 65.5 cm³/mol. The molecule has 0 spiro atoms. The predicted octanol–water partition coefficient (Wildman–Crippen LogP) is 1.97. The van der Waals surface area contributed by atoms with Crippen molar-refractivity contribution < 1.29 is 14.3 Å². The van der Waals surface area contributed by atoms with Crippen LogP contribution in [-0.2, 0) is 9.53 Å². The molecule has 1 aromatic carbocycles. The van der Waals surface area contributed by atoms with Crippen LogP contribution in [0.3, 0.4) is 0 Å². The molecule has 0 saturated heterocycles. The Morgan fingerprint density at radius 3 is 2.59 bits per heavy atom. The lowest BCUT2D eigenvalue weighted by atomic mass is 10.2. The minimum Gasteiger partial charge on any atom is -0.453 e. The number of rotatable bonds is 5. The van der Waals surface area contributed by atoms with Gasteiger partial charge in [0.25, 0.3) is 0 Å². The van der Waals surface area contributed by atoms with E-state index in [4.69, 9.17) is 0 Å². The first kappa shape index (κ1) is 13.0. The van der Waals surface area contributed by atoms with Crippen LogP contribution in [0, 0.1) is 0 Å². The van der Waals surface area contributed by atoms with Gasteiger partial charge in [-0.3, -0.25) is 4.90 Å². The number of aldehydes is 1. The van der Waals surface area contributed by atoms with Gasteiger partial charge in [-0.2, -0.15) is 0 Å². The average molecular weight is 233 g/mol. The number of ether oxygens (including phenoxy) is 1. The van der Waals surface area contributed by atoms with Gasteiger partial charge in [-0.15, -0.1) is 0 Å². The lowest BCUT2D eigenvalue weighted by Gasteiger charge is -2.15. The molecule has 0 aliphatic rings. The van der Waals surface area contributed by atoms with Crippen LogP contribution in [-0.4, -0.2) is 37.5 Å². The smallest absolute Gasteiger partial charge is 0.410 e. The highest BCUT2D eigenvalue weighted by Crippen LogP contribution is 2.01. The molecule has 0 heterocycles. The third-order valence-electron chi connectivity index (χ3n) is 2.16. The number of benzene rings is 1. The maximum atomic E-state index is 11.3. The highest BCUT2D eigenvalue weighted by atomic mass is 16.5. The van der Waals surface area contributed by atoms with Crippen LogP contribution in [0.5, 0.6) is 0 Å². The number of nitrogens with zero attached hydrogens (tertiary/aromatic N) is 1. The number of methoxy groups -OCH3 is 1. The van der Waals surface area contributed by atoms with Crippen molar-refractivity contribution in [3.05, 3.63) is 42.0 Å². The summed E-state index contributed by atoms with van der Waals surface area (Å²) < 4.78 is 4.56. The molecule has 4 nitrogen and oxygen atoms in total. The monoisotopic (exact) mass is 233 g/mol. The number of hydrogen-bond donors (Lipinski definition) is 0. The van der Waals surface area contributed by atoms with Crippen LogP contribution >= 0.6 is 0 Å². The quantitative estimate of drug-likeness (QED) is 0.730. The summed E-state index contributed by atoms with van der Waals surface area (Å²) in [5.41, 5.74) is 1.04. The lowest BCUT2D eigenvalue weighted by molar-refractivity contribution is -0.108. The van der Waals surface area contributed by atoms with E-state index in [1.54, 1.807) is 0 Å². The molecule has 0 radical (unpaired) electrons. The Morgan fingerprint density at radius 2 is 2.00 bits per heavy atom. The minimum absolute atomic E-state index is 0.0335. The first-order valence-electron chi connectivity index (χ1n) is 5.26. The second-order valence-corrected chi connectivity index (χ2v) is 3.35. The van der Waals surface area contributed by atoms with E-state index in [9.17, 15) is 9.59 Å². The van der Waals surface area contributed by atoms with Gasteiger partial charge in [0.05, 0.1) is 13.7 Å². The second-order valence-electron chi connectivity index (χ2n) is 3.35. The molecular formula is C13H15NO3. The fraction of sp³-hybridized carbons (Fsp3) is 0.231. The standard InChI is InChI=1S/C13H15NO3/c1-17-13(16)14(10-11-15)9-5-8-12-6-3-2-4-7-12/h2-8,11H,9-10H2,1H3/b8-5+. The summed E-state index contributed by atoms with van der Waals surface area (Å²) in [6.45, 7) is 0.381. The second kappa shape index (κ2) is 7.22. The Kier molecular flexibility index (Phi) is 5.51. The van der Waals surface area contributed by atoms with Crippen LogP contribution in [0.15, 0.2) is 36.4 Å². The summed E-state index contributed by atoms with van der Waals surface area (Å²) in [6.07, 6.45) is 3.87. The first-order chi connectivity index (χ1) is 8.27. The maximum absolute atomic E-state index is 11.3. The fourth-order valence-electron chi connectivity index (χ4n) is 1.32. The molecule has 0 N–H and O–H groups in total. The van der Waals surface area contributed by atoms with Gasteiger partial charge in [0.15, 0.2) is 0 Å². The van der Waals surface area contributed by atoms with E-state index < -0.39 is 6.09 Å². The Bertz CT molecular complexity index is 387. The summed E-state index contributed by atoms with van der Waals surface area (Å²) in [4.78, 5) is 23.0. The fourth-order valence-corrected chi connectivity index (χ4v) is 1.32. The molecule has 0 unspecified atom stereocenters. The number of amides is 1. The van der Waals surface area contributed by atoms with Crippen LogP contribution in [0.4, 0.5) is 4.79 Å². The molecule has 1 aromatic rings. The van der Waals surface area contributed by atoms with Crippen LogP contribution in [0.2, 0.25) is 0 Å². The van der Waals surface area contributed by atoms with E-state index in [1.165, 1.54) is 12.0 Å². The van der Waals surface area contributed by atoms with Gasteiger partial charge in [0.2, 0.25) is 0 Å². The normalized spacial score (nSPS) is 10.2. The van der Waals surface area contributed by atoms with Crippen molar-refractivity contribution in [2.45, 2.75) is 0 Å². The largest absolute Gasteiger partial charge is 0.453 e. The van der Waals surface area contributed by atoms with Crippen molar-refractivity contribution >= 4 is 18.5 Å². The van der Waals surface area contributed by atoms with Crippen molar-refractivity contribution in [1.29, 1.82) is 0 Å². The van der Waals surface area contributed by atoms with Gasteiger partial charge in [-0.1, -0.05) is 42.5 Å². The van der Waals surface area contributed by atoms with Gasteiger partial charge in [-0.05, 0) is 5.56 Å². The molecule has 1 rings (SSSR count). The molecule has 17 heavy (non-hydrogen) atoms. The molecular weight excluding hydrogens is 218 g/mol. The van der Waals surface area contributed by atoms with Crippen molar-refractivity contribution in [3.8, 4) is 0 Å². The van der Waals surface area contributed by atoms with Gasteiger partial charge in [-0.25, -0.2) is 4.79 Å². The molecule has 4 heteroatoms. The van der Waals surface area contributed by atoms with Crippen molar-refractivity contribution in [3.63, 3.8) is 0 Å². The summed E-state index contributed by atoms with van der Waals surface area (Å²) in [7, 11) is 1.29. The van der Waals surface area contributed by atoms with Crippen LogP contribution in [0.25, 0.3) is 6.08 Å². The van der Waals surface area contributed by atoms with Gasteiger partial charge >= 0.3 is 6.09 Å². The van der Waals surface area contributed by atoms with Gasteiger partial charge in [0.1, 0.15) is 6.29 Å². The van der Waals surface area contributed by atoms with E-state index in [0.717, 1.165) is 5.56 Å². The summed E-state index contributed by atoms with van der Waals surface area (Å²) >= 11 is 0. The van der Waals surface area contributed by atoms with Gasteiger partial charge < -0.3 is 9.53 Å². The Hall–Kier alpha value is -2.10. The number of carbonyl (C=O) groups excluding carboxylic acids is 2. The zero-order chi connectivity index (χ0) is 12.5. The molecule has 90 valence electrons. The lowest BCUT2D eigenvalue weighted by Crippen LogP contribution is -2.32. The summed E-state index contributed by atoms with van der Waals surface area (Å²) in [5, 5.41) is 0. The molecule has 0 aliphatic heterocycles. The molecule has 0 aliphatic carbocycles. The highest BCUT2D eigenvalue weighted by molar-refractivity contribution is 5.71.